The lowest BCUT2D eigenvalue weighted by Gasteiger charge is -2.34. The molecule has 0 spiro atoms. The Kier molecular flexibility index (Phi) is 5.79. The molecule has 2 aliphatic carbocycles. The average Bonchev–Trinajstić information content (AvgIpc) is 3.66. The number of fused-ring (bicyclic) bond motifs is 1. The maximum absolute atomic E-state index is 13.3. The van der Waals surface area contributed by atoms with Crippen molar-refractivity contribution in [3.63, 3.8) is 0 Å². The molecule has 2 fully saturated rings. The van der Waals surface area contributed by atoms with E-state index in [-0.39, 0.29) is 23.8 Å². The van der Waals surface area contributed by atoms with E-state index in [1.807, 2.05) is 42.1 Å². The summed E-state index contributed by atoms with van der Waals surface area (Å²) in [6.45, 7) is 1.53. The lowest BCUT2D eigenvalue weighted by molar-refractivity contribution is -0.116. The zero-order valence-electron chi connectivity index (χ0n) is 20.8. The first kappa shape index (κ1) is 23.4. The van der Waals surface area contributed by atoms with Gasteiger partial charge in [0.15, 0.2) is 0 Å². The number of aliphatic hydroxyl groups is 1. The number of pyridine rings is 2. The van der Waals surface area contributed by atoms with Crippen LogP contribution in [0, 0.1) is 0 Å². The van der Waals surface area contributed by atoms with Gasteiger partial charge in [0.1, 0.15) is 23.0 Å². The molecule has 6 rings (SSSR count). The second kappa shape index (κ2) is 9.15. The van der Waals surface area contributed by atoms with E-state index in [1.54, 1.807) is 22.9 Å². The summed E-state index contributed by atoms with van der Waals surface area (Å²) in [5.74, 6) is 2.28. The minimum Gasteiger partial charge on any atom is -0.457 e. The summed E-state index contributed by atoms with van der Waals surface area (Å²) < 4.78 is 9.63. The summed E-state index contributed by atoms with van der Waals surface area (Å²) in [6, 6.07) is 10.9. The number of carbonyl (C=O) groups excluding carboxylic acids is 1. The molecule has 0 bridgehead atoms. The Bertz CT molecular complexity index is 1570. The maximum Gasteiger partial charge on any atom is 0.274 e. The van der Waals surface area contributed by atoms with Crippen LogP contribution < -0.4 is 15.6 Å². The van der Waals surface area contributed by atoms with Crippen molar-refractivity contribution in [2.45, 2.75) is 57.1 Å². The van der Waals surface area contributed by atoms with Crippen molar-refractivity contribution in [3.8, 4) is 11.5 Å². The van der Waals surface area contributed by atoms with Gasteiger partial charge in [0.25, 0.3) is 5.56 Å². The van der Waals surface area contributed by atoms with Crippen LogP contribution in [0.4, 0.5) is 11.6 Å². The molecule has 3 aromatic heterocycles. The van der Waals surface area contributed by atoms with Gasteiger partial charge in [-0.1, -0.05) is 0 Å². The third kappa shape index (κ3) is 4.62. The van der Waals surface area contributed by atoms with E-state index in [2.05, 4.69) is 10.3 Å². The molecule has 0 saturated heterocycles. The van der Waals surface area contributed by atoms with Crippen molar-refractivity contribution in [2.24, 2.45) is 7.05 Å². The predicted octanol–water partition coefficient (Wildman–Crippen LogP) is 4.37. The fourth-order valence-corrected chi connectivity index (χ4v) is 4.86. The van der Waals surface area contributed by atoms with Crippen LogP contribution in [0.15, 0.2) is 53.6 Å². The zero-order valence-corrected chi connectivity index (χ0v) is 20.8. The van der Waals surface area contributed by atoms with E-state index >= 15 is 0 Å². The van der Waals surface area contributed by atoms with Crippen molar-refractivity contribution in [1.82, 2.24) is 19.1 Å². The molecule has 0 radical (unpaired) electrons. The number of hydrogen-bond acceptors (Lipinski definition) is 7. The minimum absolute atomic E-state index is 0.0410. The van der Waals surface area contributed by atoms with Crippen LogP contribution in [0.1, 0.15) is 55.8 Å². The largest absolute Gasteiger partial charge is 0.457 e. The van der Waals surface area contributed by atoms with E-state index in [0.29, 0.717) is 34.7 Å². The van der Waals surface area contributed by atoms with Crippen LogP contribution in [0.25, 0.3) is 11.0 Å². The van der Waals surface area contributed by atoms with Crippen LogP contribution in [0.2, 0.25) is 0 Å². The minimum atomic E-state index is -0.479. The highest BCUT2D eigenvalue weighted by atomic mass is 16.5. The van der Waals surface area contributed by atoms with Crippen molar-refractivity contribution in [3.05, 3.63) is 70.4 Å². The summed E-state index contributed by atoms with van der Waals surface area (Å²) >= 11 is 0. The topological polar surface area (TPSA) is 111 Å². The molecule has 4 aromatic rings. The normalized spacial score (nSPS) is 19.0. The fraction of sp³-hybridized carbons (Fsp3) is 0.357. The van der Waals surface area contributed by atoms with E-state index in [1.165, 1.54) is 6.92 Å². The molecule has 9 heteroatoms. The molecule has 1 aromatic carbocycles. The highest BCUT2D eigenvalue weighted by Gasteiger charge is 2.33. The molecule has 2 atom stereocenters. The van der Waals surface area contributed by atoms with Gasteiger partial charge in [-0.05, 0) is 68.4 Å². The summed E-state index contributed by atoms with van der Waals surface area (Å²) in [5, 5.41) is 13.5. The van der Waals surface area contributed by atoms with Crippen LogP contribution >= 0.6 is 0 Å². The summed E-state index contributed by atoms with van der Waals surface area (Å²) in [7, 11) is 1.89. The number of Topliss-reactive ketones (excluding diaryl/α,β-unsaturated/α-hetero) is 1. The third-order valence-corrected chi connectivity index (χ3v) is 7.23. The SMILES string of the molecule is CC(=O)Cc1cc(Oc2ccc3nc(Nc4cc(C5CC5)cn([C@H]5CC[C@@H]5O)c4=O)n(C)c3c2)ccn1. The maximum atomic E-state index is 13.3. The Balaban J connectivity index is 1.29. The highest BCUT2D eigenvalue weighted by Crippen LogP contribution is 2.41. The number of aliphatic hydroxyl groups excluding tert-OH is 1. The van der Waals surface area contributed by atoms with Gasteiger partial charge in [-0.2, -0.15) is 0 Å². The standard InChI is InChI=1S/C28H29N5O4/c1-16(34)11-19-13-21(9-10-29-19)37-20-5-6-22-25(14-20)32(2)28(30-22)31-23-12-18(17-3-4-17)15-33(27(23)36)24-7-8-26(24)35/h5-6,9-10,12-15,17,24,26,35H,3-4,7-8,11H2,1-2H3,(H,30,31)/t24-,26-/m0/s1. The summed E-state index contributed by atoms with van der Waals surface area (Å²) in [6.07, 6.45) is 7.10. The number of imidazole rings is 1. The zero-order chi connectivity index (χ0) is 25.7. The highest BCUT2D eigenvalue weighted by molar-refractivity contribution is 5.81. The second-order valence-electron chi connectivity index (χ2n) is 10.1. The first-order chi connectivity index (χ1) is 17.9. The average molecular weight is 500 g/mol. The van der Waals surface area contributed by atoms with Crippen molar-refractivity contribution >= 4 is 28.5 Å². The van der Waals surface area contributed by atoms with Gasteiger partial charge in [0, 0.05) is 38.0 Å². The van der Waals surface area contributed by atoms with Gasteiger partial charge in [-0.25, -0.2) is 4.98 Å². The van der Waals surface area contributed by atoms with Crippen LogP contribution in [0.5, 0.6) is 11.5 Å². The van der Waals surface area contributed by atoms with Crippen LogP contribution in [-0.4, -0.2) is 36.1 Å². The van der Waals surface area contributed by atoms with Crippen molar-refractivity contribution < 1.29 is 14.6 Å². The number of nitrogens with zero attached hydrogens (tertiary/aromatic N) is 4. The van der Waals surface area contributed by atoms with Gasteiger partial charge in [0.2, 0.25) is 5.95 Å². The number of benzene rings is 1. The molecular formula is C28H29N5O4. The molecule has 3 heterocycles. The van der Waals surface area contributed by atoms with Gasteiger partial charge in [-0.3, -0.25) is 14.6 Å². The number of ether oxygens (including phenoxy) is 1. The Hall–Kier alpha value is -3.98. The number of carbonyl (C=O) groups is 1. The van der Waals surface area contributed by atoms with Crippen LogP contribution in [0.3, 0.4) is 0 Å². The summed E-state index contributed by atoms with van der Waals surface area (Å²) in [5.41, 5.74) is 3.70. The number of rotatable bonds is 8. The molecule has 9 nitrogen and oxygen atoms in total. The second-order valence-corrected chi connectivity index (χ2v) is 10.1. The number of hydrogen-bond donors (Lipinski definition) is 2. The molecule has 0 aliphatic heterocycles. The number of anilines is 2. The first-order valence-corrected chi connectivity index (χ1v) is 12.7. The van der Waals surface area contributed by atoms with E-state index in [4.69, 9.17) is 9.72 Å². The van der Waals surface area contributed by atoms with E-state index in [9.17, 15) is 14.7 Å². The van der Waals surface area contributed by atoms with E-state index < -0.39 is 6.10 Å². The Morgan fingerprint density at radius 3 is 2.65 bits per heavy atom. The molecule has 2 saturated carbocycles. The van der Waals surface area contributed by atoms with Crippen LogP contribution in [-0.2, 0) is 18.3 Å². The number of nitrogens with one attached hydrogen (secondary N) is 1. The molecule has 0 amide bonds. The quantitative estimate of drug-likeness (QED) is 0.370. The van der Waals surface area contributed by atoms with Gasteiger partial charge < -0.3 is 24.3 Å². The molecule has 0 unspecified atom stereocenters. The Morgan fingerprint density at radius 1 is 1.14 bits per heavy atom. The third-order valence-electron chi connectivity index (χ3n) is 7.23. The number of aromatic nitrogens is 4. The van der Waals surface area contributed by atoms with Gasteiger partial charge in [0.05, 0.1) is 28.9 Å². The molecular weight excluding hydrogens is 470 g/mol. The molecule has 37 heavy (non-hydrogen) atoms. The predicted molar refractivity (Wildman–Crippen MR) is 140 cm³/mol. The van der Waals surface area contributed by atoms with E-state index in [0.717, 1.165) is 42.3 Å². The van der Waals surface area contributed by atoms with Gasteiger partial charge >= 0.3 is 0 Å². The molecule has 190 valence electrons. The van der Waals surface area contributed by atoms with Crippen molar-refractivity contribution in [2.75, 3.05) is 5.32 Å². The smallest absolute Gasteiger partial charge is 0.274 e. The number of ketones is 1. The number of aryl methyl sites for hydroxylation is 1. The van der Waals surface area contributed by atoms with Gasteiger partial charge in [-0.15, -0.1) is 0 Å². The Morgan fingerprint density at radius 2 is 1.95 bits per heavy atom. The lowest BCUT2D eigenvalue weighted by Crippen LogP contribution is -2.39. The van der Waals surface area contributed by atoms with Crippen molar-refractivity contribution in [1.29, 1.82) is 0 Å². The monoisotopic (exact) mass is 499 g/mol. The fourth-order valence-electron chi connectivity index (χ4n) is 4.86. The Labute approximate surface area is 213 Å². The first-order valence-electron chi connectivity index (χ1n) is 12.7. The molecule has 2 N–H and O–H groups in total. The lowest BCUT2D eigenvalue weighted by atomic mass is 9.88. The summed E-state index contributed by atoms with van der Waals surface area (Å²) in [4.78, 5) is 33.7. The molecule has 2 aliphatic rings.